The molecule has 0 atom stereocenters. The second-order valence-corrected chi connectivity index (χ2v) is 4.45. The van der Waals surface area contributed by atoms with Crippen LogP contribution in [-0.2, 0) is 4.74 Å². The lowest BCUT2D eigenvalue weighted by molar-refractivity contribution is 0.132. The lowest BCUT2D eigenvalue weighted by Gasteiger charge is -2.29. The summed E-state index contributed by atoms with van der Waals surface area (Å²) < 4.78 is 5.33. The molecule has 96 valence electrons. The minimum Gasteiger partial charge on any atom is -0.382 e. The third kappa shape index (κ3) is 6.43. The molecule has 0 saturated carbocycles. The molecule has 4 nitrogen and oxygen atoms in total. The van der Waals surface area contributed by atoms with Gasteiger partial charge in [-0.2, -0.15) is 0 Å². The van der Waals surface area contributed by atoms with E-state index in [4.69, 9.17) is 4.74 Å². The maximum atomic E-state index is 5.33. The van der Waals surface area contributed by atoms with Crippen LogP contribution in [-0.4, -0.2) is 75.9 Å². The third-order valence-corrected chi connectivity index (χ3v) is 3.04. The molecule has 0 aromatic rings. The predicted octanol–water partition coefficient (Wildman–Crippen LogP) is 0.250. The average Bonchev–Trinajstić information content (AvgIpc) is 2.33. The van der Waals surface area contributed by atoms with Gasteiger partial charge in [-0.1, -0.05) is 0 Å². The Kier molecular flexibility index (Phi) is 7.76. The monoisotopic (exact) mass is 229 g/mol. The lowest BCUT2D eigenvalue weighted by atomic mass is 10.3. The van der Waals surface area contributed by atoms with E-state index in [-0.39, 0.29) is 0 Å². The first-order valence-corrected chi connectivity index (χ1v) is 6.52. The fourth-order valence-corrected chi connectivity index (χ4v) is 1.94. The topological polar surface area (TPSA) is 27.7 Å². The highest BCUT2D eigenvalue weighted by molar-refractivity contribution is 4.68. The molecule has 1 fully saturated rings. The summed E-state index contributed by atoms with van der Waals surface area (Å²) >= 11 is 0. The maximum absolute atomic E-state index is 5.33. The predicted molar refractivity (Wildman–Crippen MR) is 67.9 cm³/mol. The molecule has 0 aromatic carbocycles. The SMILES string of the molecule is CCOCCCN(C)CCN1CCNCC1. The van der Waals surface area contributed by atoms with Crippen molar-refractivity contribution in [3.8, 4) is 0 Å². The zero-order valence-electron chi connectivity index (χ0n) is 10.9. The molecule has 0 radical (unpaired) electrons. The van der Waals surface area contributed by atoms with Crippen molar-refractivity contribution in [2.24, 2.45) is 0 Å². The number of nitrogens with zero attached hydrogens (tertiary/aromatic N) is 2. The van der Waals surface area contributed by atoms with Crippen LogP contribution in [0.25, 0.3) is 0 Å². The Hall–Kier alpha value is -0.160. The second-order valence-electron chi connectivity index (χ2n) is 4.45. The Morgan fingerprint density at radius 1 is 1.25 bits per heavy atom. The minimum absolute atomic E-state index is 0.838. The fraction of sp³-hybridized carbons (Fsp3) is 1.00. The number of ether oxygens (including phenoxy) is 1. The van der Waals surface area contributed by atoms with Gasteiger partial charge in [0.15, 0.2) is 0 Å². The molecule has 0 aliphatic carbocycles. The summed E-state index contributed by atoms with van der Waals surface area (Å²) in [5.41, 5.74) is 0. The normalized spacial score (nSPS) is 18.2. The zero-order chi connectivity index (χ0) is 11.6. The molecule has 4 heteroatoms. The molecule has 1 rings (SSSR count). The van der Waals surface area contributed by atoms with Gasteiger partial charge in [-0.25, -0.2) is 0 Å². The highest BCUT2D eigenvalue weighted by atomic mass is 16.5. The highest BCUT2D eigenvalue weighted by Crippen LogP contribution is 1.94. The van der Waals surface area contributed by atoms with E-state index < -0.39 is 0 Å². The van der Waals surface area contributed by atoms with E-state index in [1.807, 2.05) is 6.92 Å². The largest absolute Gasteiger partial charge is 0.382 e. The average molecular weight is 229 g/mol. The zero-order valence-corrected chi connectivity index (χ0v) is 10.9. The Morgan fingerprint density at radius 3 is 2.69 bits per heavy atom. The van der Waals surface area contributed by atoms with Gasteiger partial charge >= 0.3 is 0 Å². The van der Waals surface area contributed by atoms with Gasteiger partial charge in [0.2, 0.25) is 0 Å². The number of nitrogens with one attached hydrogen (secondary N) is 1. The van der Waals surface area contributed by atoms with Gasteiger partial charge < -0.3 is 15.0 Å². The van der Waals surface area contributed by atoms with Crippen LogP contribution in [0.3, 0.4) is 0 Å². The first-order chi connectivity index (χ1) is 7.83. The van der Waals surface area contributed by atoms with Crippen molar-refractivity contribution < 1.29 is 4.74 Å². The van der Waals surface area contributed by atoms with Crippen LogP contribution in [0.15, 0.2) is 0 Å². The van der Waals surface area contributed by atoms with Crippen LogP contribution < -0.4 is 5.32 Å². The van der Waals surface area contributed by atoms with Gasteiger partial charge in [0, 0.05) is 59.0 Å². The van der Waals surface area contributed by atoms with Crippen LogP contribution in [0.2, 0.25) is 0 Å². The Labute approximate surface area is 99.9 Å². The van der Waals surface area contributed by atoms with Crippen molar-refractivity contribution in [2.75, 3.05) is 66.1 Å². The first kappa shape index (κ1) is 13.9. The molecule has 1 heterocycles. The summed E-state index contributed by atoms with van der Waals surface area (Å²) in [5.74, 6) is 0. The van der Waals surface area contributed by atoms with Crippen LogP contribution in [0.1, 0.15) is 13.3 Å². The number of rotatable bonds is 8. The number of piperazine rings is 1. The minimum atomic E-state index is 0.838. The van der Waals surface area contributed by atoms with Crippen molar-refractivity contribution >= 4 is 0 Å². The second kappa shape index (κ2) is 8.93. The summed E-state index contributed by atoms with van der Waals surface area (Å²) in [6, 6.07) is 0. The Balaban J connectivity index is 1.94. The number of hydrogen-bond donors (Lipinski definition) is 1. The Morgan fingerprint density at radius 2 is 2.00 bits per heavy atom. The third-order valence-electron chi connectivity index (χ3n) is 3.04. The molecule has 16 heavy (non-hydrogen) atoms. The van der Waals surface area contributed by atoms with Gasteiger partial charge in [-0.3, -0.25) is 4.90 Å². The Bertz CT molecular complexity index is 160. The van der Waals surface area contributed by atoms with E-state index in [0.717, 1.165) is 39.3 Å². The fourth-order valence-electron chi connectivity index (χ4n) is 1.94. The molecular formula is C12H27N3O. The summed E-state index contributed by atoms with van der Waals surface area (Å²) in [7, 11) is 2.20. The van der Waals surface area contributed by atoms with Gasteiger partial charge in [-0.15, -0.1) is 0 Å². The van der Waals surface area contributed by atoms with E-state index in [9.17, 15) is 0 Å². The molecule has 1 saturated heterocycles. The van der Waals surface area contributed by atoms with Crippen molar-refractivity contribution in [3.63, 3.8) is 0 Å². The van der Waals surface area contributed by atoms with Crippen molar-refractivity contribution in [3.05, 3.63) is 0 Å². The van der Waals surface area contributed by atoms with Gasteiger partial charge in [0.25, 0.3) is 0 Å². The van der Waals surface area contributed by atoms with E-state index in [1.165, 1.54) is 26.2 Å². The van der Waals surface area contributed by atoms with Gasteiger partial charge in [-0.05, 0) is 20.4 Å². The van der Waals surface area contributed by atoms with E-state index >= 15 is 0 Å². The number of hydrogen-bond acceptors (Lipinski definition) is 4. The molecule has 1 aliphatic rings. The van der Waals surface area contributed by atoms with Crippen LogP contribution >= 0.6 is 0 Å². The summed E-state index contributed by atoms with van der Waals surface area (Å²) in [5, 5.41) is 3.38. The summed E-state index contributed by atoms with van der Waals surface area (Å²) in [4.78, 5) is 4.94. The molecule has 0 unspecified atom stereocenters. The number of likely N-dealkylation sites (N-methyl/N-ethyl adjacent to an activating group) is 1. The lowest BCUT2D eigenvalue weighted by Crippen LogP contribution is -2.46. The van der Waals surface area contributed by atoms with Crippen molar-refractivity contribution in [1.82, 2.24) is 15.1 Å². The molecule has 0 aromatic heterocycles. The summed E-state index contributed by atoms with van der Waals surface area (Å²) in [6.07, 6.45) is 1.14. The highest BCUT2D eigenvalue weighted by Gasteiger charge is 2.09. The molecule has 1 aliphatic heterocycles. The van der Waals surface area contributed by atoms with Crippen LogP contribution in [0, 0.1) is 0 Å². The van der Waals surface area contributed by atoms with Gasteiger partial charge in [0.1, 0.15) is 0 Å². The van der Waals surface area contributed by atoms with Crippen molar-refractivity contribution in [2.45, 2.75) is 13.3 Å². The van der Waals surface area contributed by atoms with Crippen LogP contribution in [0.5, 0.6) is 0 Å². The first-order valence-electron chi connectivity index (χ1n) is 6.52. The molecular weight excluding hydrogens is 202 g/mol. The maximum Gasteiger partial charge on any atom is 0.0478 e. The quantitative estimate of drug-likeness (QED) is 0.604. The van der Waals surface area contributed by atoms with E-state index in [2.05, 4.69) is 22.2 Å². The summed E-state index contributed by atoms with van der Waals surface area (Å²) in [6.45, 7) is 12.0. The van der Waals surface area contributed by atoms with Crippen LogP contribution in [0.4, 0.5) is 0 Å². The molecule has 0 amide bonds. The molecule has 0 spiro atoms. The molecule has 1 N–H and O–H groups in total. The molecule has 0 bridgehead atoms. The smallest absolute Gasteiger partial charge is 0.0478 e. The van der Waals surface area contributed by atoms with Crippen molar-refractivity contribution in [1.29, 1.82) is 0 Å². The standard InChI is InChI=1S/C12H27N3O/c1-3-16-12-4-7-14(2)10-11-15-8-5-13-6-9-15/h13H,3-12H2,1-2H3. The van der Waals surface area contributed by atoms with E-state index in [0.29, 0.717) is 0 Å². The van der Waals surface area contributed by atoms with Gasteiger partial charge in [0.05, 0.1) is 0 Å². The van der Waals surface area contributed by atoms with E-state index in [1.54, 1.807) is 0 Å².